The van der Waals surface area contributed by atoms with Gasteiger partial charge >= 0.3 is 0 Å². The number of ether oxygens (including phenoxy) is 1. The van der Waals surface area contributed by atoms with Crippen LogP contribution >= 0.6 is 0 Å². The van der Waals surface area contributed by atoms with Crippen LogP contribution in [0.15, 0.2) is 0 Å². The van der Waals surface area contributed by atoms with Gasteiger partial charge < -0.3 is 10.1 Å². The number of nitrogens with one attached hydrogen (secondary N) is 1. The Bertz CT molecular complexity index is 274. The van der Waals surface area contributed by atoms with Crippen LogP contribution in [0.1, 0.15) is 59.3 Å². The summed E-state index contributed by atoms with van der Waals surface area (Å²) < 4.78 is 5.62. The van der Waals surface area contributed by atoms with E-state index in [0.717, 1.165) is 18.5 Å². The Labute approximate surface area is 119 Å². The summed E-state index contributed by atoms with van der Waals surface area (Å²) in [5, 5.41) is 3.72. The Balaban J connectivity index is 1.98. The minimum atomic E-state index is -0.00941. The lowest BCUT2D eigenvalue weighted by Gasteiger charge is -2.44. The van der Waals surface area contributed by atoms with Crippen molar-refractivity contribution in [2.45, 2.75) is 83.0 Å². The standard InChI is InChI=1S/C16H32N2O/c1-13(12-16(2,3)19-4)18-11-6-5-9-15(18)14-8-7-10-17-14/h13-15,17H,5-12H2,1-4H3. The topological polar surface area (TPSA) is 24.5 Å². The molecule has 0 aliphatic carbocycles. The lowest BCUT2D eigenvalue weighted by molar-refractivity contribution is -0.0207. The normalized spacial score (nSPS) is 31.6. The molecule has 0 aromatic rings. The Kier molecular flexibility index (Phi) is 5.27. The molecule has 3 unspecified atom stereocenters. The molecule has 2 saturated heterocycles. The van der Waals surface area contributed by atoms with Gasteiger partial charge in [0.15, 0.2) is 0 Å². The summed E-state index contributed by atoms with van der Waals surface area (Å²) in [7, 11) is 1.83. The van der Waals surface area contributed by atoms with Crippen molar-refractivity contribution in [3.63, 3.8) is 0 Å². The van der Waals surface area contributed by atoms with Crippen molar-refractivity contribution in [3.8, 4) is 0 Å². The van der Waals surface area contributed by atoms with Gasteiger partial charge in [-0.2, -0.15) is 0 Å². The summed E-state index contributed by atoms with van der Waals surface area (Å²) in [6.07, 6.45) is 7.97. The molecule has 2 aliphatic heterocycles. The summed E-state index contributed by atoms with van der Waals surface area (Å²) in [6, 6.07) is 2.09. The number of hydrogen-bond donors (Lipinski definition) is 1. The number of nitrogens with zero attached hydrogens (tertiary/aromatic N) is 1. The number of methoxy groups -OCH3 is 1. The second-order valence-electron chi connectivity index (χ2n) is 7.02. The van der Waals surface area contributed by atoms with Crippen LogP contribution in [0.25, 0.3) is 0 Å². The van der Waals surface area contributed by atoms with Gasteiger partial charge in [0.05, 0.1) is 5.60 Å². The first-order valence-corrected chi connectivity index (χ1v) is 8.08. The van der Waals surface area contributed by atoms with Crippen LogP contribution in [0.3, 0.4) is 0 Å². The second kappa shape index (κ2) is 6.55. The monoisotopic (exact) mass is 268 g/mol. The van der Waals surface area contributed by atoms with E-state index in [-0.39, 0.29) is 5.60 Å². The van der Waals surface area contributed by atoms with Gasteiger partial charge in [-0.15, -0.1) is 0 Å². The van der Waals surface area contributed by atoms with E-state index >= 15 is 0 Å². The fraction of sp³-hybridized carbons (Fsp3) is 1.00. The van der Waals surface area contributed by atoms with Crippen molar-refractivity contribution in [3.05, 3.63) is 0 Å². The molecule has 0 spiro atoms. The molecule has 19 heavy (non-hydrogen) atoms. The Morgan fingerprint density at radius 1 is 1.26 bits per heavy atom. The van der Waals surface area contributed by atoms with Gasteiger partial charge in [0.25, 0.3) is 0 Å². The highest BCUT2D eigenvalue weighted by Gasteiger charge is 2.35. The minimum absolute atomic E-state index is 0.00941. The molecule has 3 nitrogen and oxygen atoms in total. The van der Waals surface area contributed by atoms with E-state index in [4.69, 9.17) is 4.74 Å². The molecule has 112 valence electrons. The molecule has 2 fully saturated rings. The van der Waals surface area contributed by atoms with Gasteiger partial charge in [0.1, 0.15) is 0 Å². The highest BCUT2D eigenvalue weighted by atomic mass is 16.5. The minimum Gasteiger partial charge on any atom is -0.379 e. The largest absolute Gasteiger partial charge is 0.379 e. The Morgan fingerprint density at radius 2 is 2.05 bits per heavy atom. The van der Waals surface area contributed by atoms with E-state index in [2.05, 4.69) is 31.0 Å². The molecule has 0 aromatic carbocycles. The SMILES string of the molecule is COC(C)(C)CC(C)N1CCCCC1C1CCCN1. The number of likely N-dealkylation sites (tertiary alicyclic amines) is 1. The fourth-order valence-electron chi connectivity index (χ4n) is 3.91. The van der Waals surface area contributed by atoms with Gasteiger partial charge in [-0.1, -0.05) is 6.42 Å². The molecule has 1 N–H and O–H groups in total. The first kappa shape index (κ1) is 15.3. The molecule has 0 bridgehead atoms. The zero-order valence-corrected chi connectivity index (χ0v) is 13.2. The quantitative estimate of drug-likeness (QED) is 0.830. The van der Waals surface area contributed by atoms with Gasteiger partial charge in [-0.3, -0.25) is 4.90 Å². The van der Waals surface area contributed by atoms with Crippen molar-refractivity contribution >= 4 is 0 Å². The highest BCUT2D eigenvalue weighted by Crippen LogP contribution is 2.29. The van der Waals surface area contributed by atoms with E-state index in [9.17, 15) is 0 Å². The van der Waals surface area contributed by atoms with Crippen LogP contribution in [0.4, 0.5) is 0 Å². The van der Waals surface area contributed by atoms with E-state index < -0.39 is 0 Å². The van der Waals surface area contributed by atoms with Crippen LogP contribution < -0.4 is 5.32 Å². The maximum absolute atomic E-state index is 5.62. The molecular formula is C16H32N2O. The lowest BCUT2D eigenvalue weighted by Crippen LogP contribution is -2.54. The smallest absolute Gasteiger partial charge is 0.0637 e. The van der Waals surface area contributed by atoms with E-state index in [0.29, 0.717) is 6.04 Å². The first-order valence-electron chi connectivity index (χ1n) is 8.08. The molecule has 0 amide bonds. The molecule has 3 atom stereocenters. The zero-order valence-electron chi connectivity index (χ0n) is 13.2. The van der Waals surface area contributed by atoms with E-state index in [1.165, 1.54) is 45.2 Å². The number of rotatable bonds is 5. The molecule has 2 rings (SSSR count). The van der Waals surface area contributed by atoms with Gasteiger partial charge in [-0.05, 0) is 66.0 Å². The average Bonchev–Trinajstić information content (AvgIpc) is 2.92. The lowest BCUT2D eigenvalue weighted by atomic mass is 9.90. The van der Waals surface area contributed by atoms with Crippen LogP contribution in [-0.4, -0.2) is 48.8 Å². The van der Waals surface area contributed by atoms with Gasteiger partial charge in [0.2, 0.25) is 0 Å². The third kappa shape index (κ3) is 3.93. The molecule has 0 aromatic heterocycles. The Hall–Kier alpha value is -0.120. The second-order valence-corrected chi connectivity index (χ2v) is 7.02. The van der Waals surface area contributed by atoms with Crippen molar-refractivity contribution in [2.75, 3.05) is 20.2 Å². The predicted molar refractivity (Wildman–Crippen MR) is 80.5 cm³/mol. The Morgan fingerprint density at radius 3 is 2.68 bits per heavy atom. The van der Waals surface area contributed by atoms with Crippen molar-refractivity contribution in [2.24, 2.45) is 0 Å². The molecule has 0 saturated carbocycles. The maximum Gasteiger partial charge on any atom is 0.0637 e. The summed E-state index contributed by atoms with van der Waals surface area (Å²) in [5.41, 5.74) is -0.00941. The molecule has 2 aliphatic rings. The van der Waals surface area contributed by atoms with Crippen LogP contribution in [-0.2, 0) is 4.74 Å². The molecule has 2 heterocycles. The van der Waals surface area contributed by atoms with E-state index in [1.807, 2.05) is 7.11 Å². The fourth-order valence-corrected chi connectivity index (χ4v) is 3.91. The predicted octanol–water partition coefficient (Wildman–Crippen LogP) is 2.80. The van der Waals surface area contributed by atoms with Crippen molar-refractivity contribution in [1.82, 2.24) is 10.2 Å². The summed E-state index contributed by atoms with van der Waals surface area (Å²) in [5.74, 6) is 0. The first-order chi connectivity index (χ1) is 9.03. The van der Waals surface area contributed by atoms with E-state index in [1.54, 1.807) is 0 Å². The highest BCUT2D eigenvalue weighted by molar-refractivity contribution is 4.93. The molecule has 0 radical (unpaired) electrons. The number of hydrogen-bond acceptors (Lipinski definition) is 3. The van der Waals surface area contributed by atoms with Crippen LogP contribution in [0.5, 0.6) is 0 Å². The zero-order chi connectivity index (χ0) is 13.9. The van der Waals surface area contributed by atoms with Crippen molar-refractivity contribution < 1.29 is 4.74 Å². The van der Waals surface area contributed by atoms with Crippen molar-refractivity contribution in [1.29, 1.82) is 0 Å². The third-order valence-corrected chi connectivity index (χ3v) is 5.06. The maximum atomic E-state index is 5.62. The molecular weight excluding hydrogens is 236 g/mol. The summed E-state index contributed by atoms with van der Waals surface area (Å²) >= 11 is 0. The average molecular weight is 268 g/mol. The van der Waals surface area contributed by atoms with Crippen LogP contribution in [0.2, 0.25) is 0 Å². The summed E-state index contributed by atoms with van der Waals surface area (Å²) in [4.78, 5) is 2.76. The molecule has 3 heteroatoms. The number of piperidine rings is 1. The summed E-state index contributed by atoms with van der Waals surface area (Å²) in [6.45, 7) is 9.28. The van der Waals surface area contributed by atoms with Gasteiger partial charge in [0, 0.05) is 25.2 Å². The van der Waals surface area contributed by atoms with Crippen LogP contribution in [0, 0.1) is 0 Å². The van der Waals surface area contributed by atoms with Gasteiger partial charge in [-0.25, -0.2) is 0 Å². The third-order valence-electron chi connectivity index (χ3n) is 5.06.